The molecule has 8 rings (SSSR count). The van der Waals surface area contributed by atoms with Gasteiger partial charge in [-0.3, -0.25) is 9.59 Å². The number of aromatic nitrogens is 3. The fourth-order valence-corrected chi connectivity index (χ4v) is 6.78. The second-order valence-corrected chi connectivity index (χ2v) is 12.5. The second-order valence-electron chi connectivity index (χ2n) is 12.5. The molecule has 0 atom stereocenters. The first-order chi connectivity index (χ1) is 23.5. The van der Waals surface area contributed by atoms with Gasteiger partial charge in [0.1, 0.15) is 24.3 Å². The lowest BCUT2D eigenvalue weighted by Gasteiger charge is -2.26. The number of ether oxygens (including phenoxy) is 1. The highest BCUT2D eigenvalue weighted by molar-refractivity contribution is 6.09. The van der Waals surface area contributed by atoms with Crippen molar-refractivity contribution in [3.05, 3.63) is 95.3 Å². The van der Waals surface area contributed by atoms with E-state index < -0.39 is 0 Å². The number of fused-ring (bicyclic) bond motifs is 2. The molecule has 2 amide bonds. The number of carbonyl (C=O) groups excluding carboxylic acids is 4. The molecule has 10 nitrogen and oxygen atoms in total. The quantitative estimate of drug-likeness (QED) is 0.230. The molecule has 1 N–H and O–H groups in total. The first-order valence-electron chi connectivity index (χ1n) is 16.4. The first kappa shape index (κ1) is 31.0. The van der Waals surface area contributed by atoms with E-state index in [1.807, 2.05) is 65.3 Å². The third-order valence-electron chi connectivity index (χ3n) is 9.47. The zero-order chi connectivity index (χ0) is 33.2. The Hall–Kier alpha value is -5.60. The molecule has 0 spiro atoms. The number of piperidine rings is 1. The molecule has 1 saturated heterocycles. The molecule has 2 aromatic heterocycles. The summed E-state index contributed by atoms with van der Waals surface area (Å²) in [7, 11) is 0. The third kappa shape index (κ3) is 5.98. The lowest BCUT2D eigenvalue weighted by molar-refractivity contribution is -0.191. The topological polar surface area (TPSA) is 126 Å². The minimum absolute atomic E-state index is 0.0518. The fraction of sp³-hybridized carbons (Fsp3) is 0.289. The molecular weight excluding hydrogens is 606 g/mol. The summed E-state index contributed by atoms with van der Waals surface area (Å²) in [4.78, 5) is 59.5. The van der Waals surface area contributed by atoms with Gasteiger partial charge in [-0.1, -0.05) is 30.3 Å². The lowest BCUT2D eigenvalue weighted by Crippen LogP contribution is -2.35. The molecule has 4 heterocycles. The Balaban J connectivity index is 0.00000117. The largest absolute Gasteiger partial charge is 0.491 e. The molecule has 3 aliphatic rings. The number of hydrogen-bond donors (Lipinski definition) is 1. The zero-order valence-corrected chi connectivity index (χ0v) is 26.7. The molecule has 0 radical (unpaired) electrons. The SMILES string of the molecule is Cc1c(-c2ncnc3[nH]c(-c4ccc(C(=O)N5CCCCC5)cc4)cc23)cccc1N1CCOc2cc(C3CC3)ccc2C1=O.O=C=O. The van der Waals surface area contributed by atoms with E-state index in [1.165, 1.54) is 24.8 Å². The smallest absolute Gasteiger partial charge is 0.373 e. The molecule has 1 saturated carbocycles. The van der Waals surface area contributed by atoms with Crippen LogP contribution in [0.25, 0.3) is 33.5 Å². The van der Waals surface area contributed by atoms with E-state index in [4.69, 9.17) is 19.3 Å². The van der Waals surface area contributed by atoms with Gasteiger partial charge in [0.2, 0.25) is 0 Å². The summed E-state index contributed by atoms with van der Waals surface area (Å²) in [5.41, 5.74) is 8.72. The van der Waals surface area contributed by atoms with Crippen LogP contribution in [0, 0.1) is 6.92 Å². The summed E-state index contributed by atoms with van der Waals surface area (Å²) in [5.74, 6) is 1.33. The number of carbonyl (C=O) groups is 2. The number of H-pyrrole nitrogens is 1. The van der Waals surface area contributed by atoms with Crippen molar-refractivity contribution in [3.63, 3.8) is 0 Å². The molecule has 1 aliphatic carbocycles. The number of anilines is 1. The van der Waals surface area contributed by atoms with Gasteiger partial charge in [-0.15, -0.1) is 0 Å². The van der Waals surface area contributed by atoms with Crippen molar-refractivity contribution in [2.24, 2.45) is 0 Å². The Bertz CT molecular complexity index is 2040. The maximum atomic E-state index is 13.9. The molecule has 242 valence electrons. The Morgan fingerprint density at radius 1 is 0.917 bits per heavy atom. The highest BCUT2D eigenvalue weighted by Gasteiger charge is 2.30. The molecule has 2 aliphatic heterocycles. The third-order valence-corrected chi connectivity index (χ3v) is 9.47. The van der Waals surface area contributed by atoms with E-state index in [9.17, 15) is 9.59 Å². The number of aromatic amines is 1. The van der Waals surface area contributed by atoms with Crippen molar-refractivity contribution in [2.75, 3.05) is 31.1 Å². The number of amides is 2. The molecule has 3 aromatic carbocycles. The second kappa shape index (κ2) is 13.3. The number of nitrogens with one attached hydrogen (secondary N) is 1. The van der Waals surface area contributed by atoms with Gasteiger partial charge in [-0.05, 0) is 98.0 Å². The van der Waals surface area contributed by atoms with Crippen molar-refractivity contribution >= 4 is 34.7 Å². The summed E-state index contributed by atoms with van der Waals surface area (Å²) in [5, 5.41) is 0.893. The van der Waals surface area contributed by atoms with Gasteiger partial charge in [0.05, 0.1) is 17.8 Å². The fourth-order valence-electron chi connectivity index (χ4n) is 6.78. The van der Waals surface area contributed by atoms with Gasteiger partial charge in [0, 0.05) is 41.0 Å². The number of benzene rings is 3. The van der Waals surface area contributed by atoms with Crippen LogP contribution in [-0.4, -0.2) is 64.1 Å². The summed E-state index contributed by atoms with van der Waals surface area (Å²) >= 11 is 0. The van der Waals surface area contributed by atoms with Crippen LogP contribution in [0.3, 0.4) is 0 Å². The number of hydrogen-bond acceptors (Lipinski definition) is 7. The average Bonchev–Trinajstić information content (AvgIpc) is 3.90. The minimum atomic E-state index is -0.0518. The average molecular weight is 642 g/mol. The Morgan fingerprint density at radius 2 is 1.69 bits per heavy atom. The van der Waals surface area contributed by atoms with E-state index in [-0.39, 0.29) is 18.0 Å². The van der Waals surface area contributed by atoms with Crippen molar-refractivity contribution in [3.8, 4) is 28.3 Å². The summed E-state index contributed by atoms with van der Waals surface area (Å²) < 4.78 is 6.09. The van der Waals surface area contributed by atoms with E-state index in [0.29, 0.717) is 35.9 Å². The van der Waals surface area contributed by atoms with E-state index in [2.05, 4.69) is 28.2 Å². The van der Waals surface area contributed by atoms with Gasteiger partial charge in [-0.2, -0.15) is 9.59 Å². The number of rotatable bonds is 5. The highest BCUT2D eigenvalue weighted by Crippen LogP contribution is 2.42. The van der Waals surface area contributed by atoms with Crippen LogP contribution in [0.5, 0.6) is 5.75 Å². The first-order valence-corrected chi connectivity index (χ1v) is 16.4. The predicted molar refractivity (Wildman–Crippen MR) is 180 cm³/mol. The lowest BCUT2D eigenvalue weighted by atomic mass is 10.00. The molecule has 0 unspecified atom stereocenters. The van der Waals surface area contributed by atoms with Crippen molar-refractivity contribution in [1.29, 1.82) is 0 Å². The Kier molecular flexibility index (Phi) is 8.57. The Morgan fingerprint density at radius 3 is 2.44 bits per heavy atom. The molecule has 2 fully saturated rings. The number of nitrogens with zero attached hydrogens (tertiary/aromatic N) is 4. The molecular formula is C38H35N5O5. The van der Waals surface area contributed by atoms with Crippen molar-refractivity contribution in [2.45, 2.75) is 44.9 Å². The van der Waals surface area contributed by atoms with Crippen LogP contribution < -0.4 is 9.64 Å². The van der Waals surface area contributed by atoms with Crippen LogP contribution in [0.2, 0.25) is 0 Å². The minimum Gasteiger partial charge on any atom is -0.491 e. The maximum absolute atomic E-state index is 13.9. The van der Waals surface area contributed by atoms with Gasteiger partial charge < -0.3 is 19.5 Å². The summed E-state index contributed by atoms with van der Waals surface area (Å²) in [6.45, 7) is 4.59. The van der Waals surface area contributed by atoms with Crippen LogP contribution >= 0.6 is 0 Å². The molecule has 5 aromatic rings. The maximum Gasteiger partial charge on any atom is 0.373 e. The van der Waals surface area contributed by atoms with Crippen molar-refractivity contribution < 1.29 is 23.9 Å². The van der Waals surface area contributed by atoms with Crippen LogP contribution in [-0.2, 0) is 9.59 Å². The normalized spacial score (nSPS) is 15.9. The van der Waals surface area contributed by atoms with Crippen LogP contribution in [0.1, 0.15) is 69.9 Å². The Labute approximate surface area is 277 Å². The molecule has 10 heteroatoms. The van der Waals surface area contributed by atoms with E-state index >= 15 is 0 Å². The van der Waals surface area contributed by atoms with Gasteiger partial charge in [0.15, 0.2) is 0 Å². The highest BCUT2D eigenvalue weighted by atomic mass is 16.5. The summed E-state index contributed by atoms with van der Waals surface area (Å²) in [6, 6.07) is 21.9. The predicted octanol–water partition coefficient (Wildman–Crippen LogP) is 6.56. The standard InChI is InChI=1S/C37H35N5O3.CO2/c1-23-28(6-5-7-32(23)42-18-19-45-33-20-27(24-8-9-24)14-15-29(33)37(42)44)34-30-21-31(40-35(30)39-22-38-34)25-10-12-26(13-11-25)36(43)41-16-3-2-4-17-41;2-1-3/h5-7,10-15,20-22,24H,2-4,8-9,16-19H2,1H3,(H,38,39,40);. The van der Waals surface area contributed by atoms with Crippen molar-refractivity contribution in [1.82, 2.24) is 19.9 Å². The van der Waals surface area contributed by atoms with Gasteiger partial charge >= 0.3 is 6.15 Å². The summed E-state index contributed by atoms with van der Waals surface area (Å²) in [6.07, 6.45) is 7.57. The number of likely N-dealkylation sites (tertiary alicyclic amines) is 1. The zero-order valence-electron chi connectivity index (χ0n) is 26.7. The van der Waals surface area contributed by atoms with E-state index in [1.54, 1.807) is 6.33 Å². The van der Waals surface area contributed by atoms with Gasteiger partial charge in [0.25, 0.3) is 11.8 Å². The molecule has 48 heavy (non-hydrogen) atoms. The monoisotopic (exact) mass is 641 g/mol. The molecule has 0 bridgehead atoms. The van der Waals surface area contributed by atoms with Crippen LogP contribution in [0.15, 0.2) is 73.1 Å². The van der Waals surface area contributed by atoms with Crippen LogP contribution in [0.4, 0.5) is 5.69 Å². The van der Waals surface area contributed by atoms with Gasteiger partial charge in [-0.25, -0.2) is 9.97 Å². The van der Waals surface area contributed by atoms with E-state index in [0.717, 1.165) is 70.7 Å².